The van der Waals surface area contributed by atoms with Crippen molar-refractivity contribution >= 4 is 6.21 Å². The molecule has 1 unspecified atom stereocenters. The molecule has 1 aromatic rings. The van der Waals surface area contributed by atoms with Gasteiger partial charge in [-0.15, -0.1) is 0 Å². The van der Waals surface area contributed by atoms with E-state index >= 15 is 0 Å². The van der Waals surface area contributed by atoms with E-state index in [0.717, 1.165) is 6.54 Å². The van der Waals surface area contributed by atoms with Gasteiger partial charge < -0.3 is 0 Å². The number of benzene rings is 1. The van der Waals surface area contributed by atoms with E-state index < -0.39 is 0 Å². The number of nitrogens with zero attached hydrogens (tertiary/aromatic N) is 1. The standard InChI is InChI=1S/C10H11N/c1-2-4-9(5-3-1)10-6-7-11-8-10/h1-5,8,10H,6-7H2. The van der Waals surface area contributed by atoms with Crippen LogP contribution in [0, 0.1) is 0 Å². The monoisotopic (exact) mass is 145 g/mol. The quantitative estimate of drug-likeness (QED) is 0.574. The second kappa shape index (κ2) is 2.87. The molecule has 0 aliphatic carbocycles. The van der Waals surface area contributed by atoms with Gasteiger partial charge in [-0.25, -0.2) is 0 Å². The zero-order valence-corrected chi connectivity index (χ0v) is 6.40. The fraction of sp³-hybridized carbons (Fsp3) is 0.300. The molecule has 0 amide bonds. The summed E-state index contributed by atoms with van der Waals surface area (Å²) in [6, 6.07) is 10.6. The first-order valence-electron chi connectivity index (χ1n) is 4.02. The molecule has 0 radical (unpaired) electrons. The van der Waals surface area contributed by atoms with Gasteiger partial charge in [-0.2, -0.15) is 0 Å². The molecule has 1 atom stereocenters. The van der Waals surface area contributed by atoms with E-state index in [1.165, 1.54) is 12.0 Å². The molecule has 0 saturated carbocycles. The summed E-state index contributed by atoms with van der Waals surface area (Å²) in [5, 5.41) is 0. The Bertz CT molecular complexity index is 251. The van der Waals surface area contributed by atoms with E-state index in [1.54, 1.807) is 0 Å². The van der Waals surface area contributed by atoms with Crippen LogP contribution in [0.15, 0.2) is 35.3 Å². The highest BCUT2D eigenvalue weighted by atomic mass is 14.7. The Labute approximate surface area is 66.8 Å². The van der Waals surface area contributed by atoms with Crippen LogP contribution in [0.2, 0.25) is 0 Å². The molecule has 1 heterocycles. The van der Waals surface area contributed by atoms with Crippen LogP contribution in [-0.2, 0) is 0 Å². The van der Waals surface area contributed by atoms with E-state index in [2.05, 4.69) is 41.5 Å². The van der Waals surface area contributed by atoms with Crippen molar-refractivity contribution in [3.05, 3.63) is 35.9 Å². The average molecular weight is 145 g/mol. The smallest absolute Gasteiger partial charge is 0.0395 e. The largest absolute Gasteiger partial charge is 0.297 e. The van der Waals surface area contributed by atoms with E-state index in [9.17, 15) is 0 Å². The van der Waals surface area contributed by atoms with Crippen LogP contribution in [0.25, 0.3) is 0 Å². The molecular weight excluding hydrogens is 134 g/mol. The van der Waals surface area contributed by atoms with Crippen LogP contribution in [-0.4, -0.2) is 12.8 Å². The van der Waals surface area contributed by atoms with E-state index in [1.807, 2.05) is 0 Å². The second-order valence-corrected chi connectivity index (χ2v) is 2.86. The van der Waals surface area contributed by atoms with Gasteiger partial charge in [-0.05, 0) is 12.0 Å². The highest BCUT2D eigenvalue weighted by molar-refractivity contribution is 5.69. The Hall–Kier alpha value is -1.11. The molecule has 0 N–H and O–H groups in total. The summed E-state index contributed by atoms with van der Waals surface area (Å²) in [7, 11) is 0. The lowest BCUT2D eigenvalue weighted by Crippen LogP contribution is -1.94. The Morgan fingerprint density at radius 3 is 2.64 bits per heavy atom. The molecule has 2 rings (SSSR count). The lowest BCUT2D eigenvalue weighted by molar-refractivity contribution is 0.847. The van der Waals surface area contributed by atoms with Crippen molar-refractivity contribution in [2.45, 2.75) is 12.3 Å². The maximum absolute atomic E-state index is 4.22. The SMILES string of the molecule is C1=NCCC1c1ccccc1. The van der Waals surface area contributed by atoms with Gasteiger partial charge in [0.25, 0.3) is 0 Å². The molecule has 0 aromatic heterocycles. The third kappa shape index (κ3) is 1.32. The van der Waals surface area contributed by atoms with Gasteiger partial charge in [0.05, 0.1) is 0 Å². The maximum atomic E-state index is 4.22. The van der Waals surface area contributed by atoms with Gasteiger partial charge in [-0.3, -0.25) is 4.99 Å². The number of hydrogen-bond donors (Lipinski definition) is 0. The molecule has 0 saturated heterocycles. The fourth-order valence-electron chi connectivity index (χ4n) is 1.44. The normalized spacial score (nSPS) is 22.4. The number of rotatable bonds is 1. The first kappa shape index (κ1) is 6.59. The minimum Gasteiger partial charge on any atom is -0.297 e. The van der Waals surface area contributed by atoms with Gasteiger partial charge in [-0.1, -0.05) is 30.3 Å². The lowest BCUT2D eigenvalue weighted by Gasteiger charge is -2.04. The van der Waals surface area contributed by atoms with Crippen LogP contribution in [0.3, 0.4) is 0 Å². The van der Waals surface area contributed by atoms with Crippen molar-refractivity contribution in [3.63, 3.8) is 0 Å². The van der Waals surface area contributed by atoms with Crippen LogP contribution in [0.5, 0.6) is 0 Å². The molecule has 1 aliphatic rings. The van der Waals surface area contributed by atoms with Crippen molar-refractivity contribution in [1.82, 2.24) is 0 Å². The van der Waals surface area contributed by atoms with Gasteiger partial charge >= 0.3 is 0 Å². The van der Waals surface area contributed by atoms with Crippen LogP contribution in [0.4, 0.5) is 0 Å². The molecule has 0 fully saturated rings. The molecule has 56 valence electrons. The Balaban J connectivity index is 2.23. The highest BCUT2D eigenvalue weighted by Gasteiger charge is 2.11. The second-order valence-electron chi connectivity index (χ2n) is 2.86. The van der Waals surface area contributed by atoms with Crippen molar-refractivity contribution < 1.29 is 0 Å². The molecule has 11 heavy (non-hydrogen) atoms. The molecular formula is C10H11N. The summed E-state index contributed by atoms with van der Waals surface area (Å²) in [5.74, 6) is 0.580. The summed E-state index contributed by atoms with van der Waals surface area (Å²) in [6.45, 7) is 1.000. The predicted octanol–water partition coefficient (Wildman–Crippen LogP) is 2.24. The molecule has 1 aliphatic heterocycles. The first-order chi connectivity index (χ1) is 5.47. The summed E-state index contributed by atoms with van der Waals surface area (Å²) >= 11 is 0. The zero-order chi connectivity index (χ0) is 7.52. The van der Waals surface area contributed by atoms with Gasteiger partial charge in [0.15, 0.2) is 0 Å². The van der Waals surface area contributed by atoms with Crippen LogP contribution in [0.1, 0.15) is 17.9 Å². The van der Waals surface area contributed by atoms with Crippen LogP contribution < -0.4 is 0 Å². The van der Waals surface area contributed by atoms with Gasteiger partial charge in [0.1, 0.15) is 0 Å². The van der Waals surface area contributed by atoms with E-state index in [0.29, 0.717) is 5.92 Å². The summed E-state index contributed by atoms with van der Waals surface area (Å²) in [4.78, 5) is 4.22. The van der Waals surface area contributed by atoms with Crippen molar-refractivity contribution in [2.75, 3.05) is 6.54 Å². The lowest BCUT2D eigenvalue weighted by atomic mass is 9.99. The number of aliphatic imine (C=N–C) groups is 1. The summed E-state index contributed by atoms with van der Waals surface area (Å²) in [5.41, 5.74) is 1.40. The molecule has 1 aromatic carbocycles. The minimum absolute atomic E-state index is 0.580. The minimum atomic E-state index is 0.580. The Morgan fingerprint density at radius 1 is 1.18 bits per heavy atom. The Kier molecular flexibility index (Phi) is 1.72. The third-order valence-corrected chi connectivity index (χ3v) is 2.08. The molecule has 0 spiro atoms. The average Bonchev–Trinajstić information content (AvgIpc) is 2.58. The van der Waals surface area contributed by atoms with Crippen molar-refractivity contribution in [1.29, 1.82) is 0 Å². The summed E-state index contributed by atoms with van der Waals surface area (Å²) in [6.07, 6.45) is 3.25. The van der Waals surface area contributed by atoms with E-state index in [-0.39, 0.29) is 0 Å². The topological polar surface area (TPSA) is 12.4 Å². The fourth-order valence-corrected chi connectivity index (χ4v) is 1.44. The molecule has 0 bridgehead atoms. The molecule has 1 heteroatoms. The molecule has 1 nitrogen and oxygen atoms in total. The highest BCUT2D eigenvalue weighted by Crippen LogP contribution is 2.20. The van der Waals surface area contributed by atoms with E-state index in [4.69, 9.17) is 0 Å². The van der Waals surface area contributed by atoms with Crippen molar-refractivity contribution in [3.8, 4) is 0 Å². The maximum Gasteiger partial charge on any atom is 0.0395 e. The number of hydrogen-bond acceptors (Lipinski definition) is 1. The van der Waals surface area contributed by atoms with Crippen molar-refractivity contribution in [2.24, 2.45) is 4.99 Å². The van der Waals surface area contributed by atoms with Gasteiger partial charge in [0.2, 0.25) is 0 Å². The third-order valence-electron chi connectivity index (χ3n) is 2.08. The zero-order valence-electron chi connectivity index (χ0n) is 6.40. The Morgan fingerprint density at radius 2 is 2.00 bits per heavy atom. The van der Waals surface area contributed by atoms with Crippen LogP contribution >= 0.6 is 0 Å². The summed E-state index contributed by atoms with van der Waals surface area (Å²) < 4.78 is 0. The van der Waals surface area contributed by atoms with Gasteiger partial charge in [0, 0.05) is 18.7 Å². The first-order valence-corrected chi connectivity index (χ1v) is 4.02. The predicted molar refractivity (Wildman–Crippen MR) is 47.2 cm³/mol.